The lowest BCUT2D eigenvalue weighted by Gasteiger charge is -2.12. The molecule has 0 saturated carbocycles. The van der Waals surface area contributed by atoms with Gasteiger partial charge in [0.05, 0.1) is 6.54 Å². The van der Waals surface area contributed by atoms with E-state index in [1.165, 1.54) is 5.56 Å². The Hall–Kier alpha value is -4.21. The highest BCUT2D eigenvalue weighted by Crippen LogP contribution is 2.23. The molecule has 0 unspecified atom stereocenters. The first-order valence-electron chi connectivity index (χ1n) is 9.44. The fourth-order valence-corrected chi connectivity index (χ4v) is 3.03. The molecule has 0 amide bonds. The fraction of sp³-hybridized carbons (Fsp3) is 0.190. The molecule has 0 aliphatic heterocycles. The van der Waals surface area contributed by atoms with Crippen LogP contribution in [0.3, 0.4) is 0 Å². The molecular weight excluding hydrogens is 400 g/mol. The van der Waals surface area contributed by atoms with Crippen molar-refractivity contribution in [2.24, 2.45) is 0 Å². The number of H-pyrrole nitrogens is 1. The average molecular weight is 424 g/mol. The molecule has 4 aromatic rings. The highest BCUT2D eigenvalue weighted by Gasteiger charge is 2.11. The second kappa shape index (κ2) is 13.1. The van der Waals surface area contributed by atoms with Gasteiger partial charge in [-0.15, -0.1) is 0 Å². The van der Waals surface area contributed by atoms with E-state index in [4.69, 9.17) is 19.8 Å². The zero-order valence-electron chi connectivity index (χ0n) is 16.8. The number of nitrogens with one attached hydrogen (secondary N) is 1. The summed E-state index contributed by atoms with van der Waals surface area (Å²) in [5, 5.41) is 18.1. The molecule has 3 N–H and O–H groups in total. The van der Waals surface area contributed by atoms with Crippen molar-refractivity contribution in [1.29, 1.82) is 0 Å². The van der Waals surface area contributed by atoms with Crippen molar-refractivity contribution in [3.63, 3.8) is 0 Å². The number of aromatic nitrogens is 6. The zero-order chi connectivity index (χ0) is 22.3. The van der Waals surface area contributed by atoms with E-state index in [1.807, 2.05) is 35.5 Å². The summed E-state index contributed by atoms with van der Waals surface area (Å²) >= 11 is 0. The molecule has 4 rings (SSSR count). The van der Waals surface area contributed by atoms with Crippen molar-refractivity contribution < 1.29 is 19.8 Å². The average Bonchev–Trinajstić information content (AvgIpc) is 3.53. The molecule has 31 heavy (non-hydrogen) atoms. The maximum absolute atomic E-state index is 8.36. The first kappa shape index (κ1) is 23.1. The molecule has 0 aliphatic rings. The highest BCUT2D eigenvalue weighted by molar-refractivity contribution is 5.60. The summed E-state index contributed by atoms with van der Waals surface area (Å²) in [5.41, 5.74) is 2.37. The maximum Gasteiger partial charge on any atom is 0.290 e. The number of imidazole rings is 2. The van der Waals surface area contributed by atoms with E-state index in [0.717, 1.165) is 43.1 Å². The monoisotopic (exact) mass is 424 g/mol. The van der Waals surface area contributed by atoms with Crippen LogP contribution in [0.4, 0.5) is 0 Å². The Bertz CT molecular complexity index is 1010. The minimum Gasteiger partial charge on any atom is -0.483 e. The third kappa shape index (κ3) is 7.28. The molecule has 1 aromatic carbocycles. The molecule has 3 heterocycles. The van der Waals surface area contributed by atoms with E-state index >= 15 is 0 Å². The Morgan fingerprint density at radius 2 is 1.74 bits per heavy atom. The Balaban J connectivity index is 0.000000513. The van der Waals surface area contributed by atoms with Crippen LogP contribution in [0.5, 0.6) is 0 Å². The maximum atomic E-state index is 8.36. The molecule has 3 aromatic heterocycles. The van der Waals surface area contributed by atoms with Gasteiger partial charge in [-0.3, -0.25) is 14.3 Å². The summed E-state index contributed by atoms with van der Waals surface area (Å²) < 4.78 is 4.15. The number of aromatic amines is 1. The summed E-state index contributed by atoms with van der Waals surface area (Å²) in [6.07, 6.45) is 13.3. The molecule has 0 atom stereocenters. The molecule has 0 fully saturated rings. The van der Waals surface area contributed by atoms with Crippen LogP contribution in [-0.4, -0.2) is 52.5 Å². The predicted octanol–water partition coefficient (Wildman–Crippen LogP) is 2.55. The summed E-state index contributed by atoms with van der Waals surface area (Å²) in [6, 6.07) is 10.3. The van der Waals surface area contributed by atoms with Crippen molar-refractivity contribution in [2.75, 3.05) is 0 Å². The number of carbonyl (C=O) groups is 2. The third-order valence-electron chi connectivity index (χ3n) is 4.23. The smallest absolute Gasteiger partial charge is 0.290 e. The Morgan fingerprint density at radius 1 is 0.968 bits per heavy atom. The highest BCUT2D eigenvalue weighted by atomic mass is 16.3. The lowest BCUT2D eigenvalue weighted by atomic mass is 10.1. The van der Waals surface area contributed by atoms with Gasteiger partial charge >= 0.3 is 0 Å². The van der Waals surface area contributed by atoms with Crippen LogP contribution in [0.2, 0.25) is 0 Å². The number of nitrogens with zero attached hydrogens (tertiary/aromatic N) is 5. The van der Waals surface area contributed by atoms with E-state index in [-0.39, 0.29) is 12.9 Å². The minimum atomic E-state index is -0.250. The van der Waals surface area contributed by atoms with Gasteiger partial charge in [-0.25, -0.2) is 9.97 Å². The van der Waals surface area contributed by atoms with Gasteiger partial charge in [0.2, 0.25) is 0 Å². The molecule has 162 valence electrons. The zero-order valence-corrected chi connectivity index (χ0v) is 16.8. The Morgan fingerprint density at radius 3 is 2.42 bits per heavy atom. The van der Waals surface area contributed by atoms with Crippen LogP contribution in [-0.2, 0) is 29.1 Å². The van der Waals surface area contributed by atoms with E-state index in [2.05, 4.69) is 48.9 Å². The molecular formula is C21H24N6O4. The van der Waals surface area contributed by atoms with E-state index in [9.17, 15) is 0 Å². The van der Waals surface area contributed by atoms with Gasteiger partial charge in [0, 0.05) is 55.7 Å². The second-order valence-electron chi connectivity index (χ2n) is 6.16. The summed E-state index contributed by atoms with van der Waals surface area (Å²) in [7, 11) is 0. The molecule has 0 radical (unpaired) electrons. The van der Waals surface area contributed by atoms with Gasteiger partial charge in [0.25, 0.3) is 12.9 Å². The number of carboxylic acid groups (broad SMARTS) is 2. The van der Waals surface area contributed by atoms with Crippen LogP contribution in [0.1, 0.15) is 17.8 Å². The van der Waals surface area contributed by atoms with Gasteiger partial charge in [-0.05, 0) is 18.1 Å². The normalized spacial score (nSPS) is 9.68. The molecule has 0 spiro atoms. The van der Waals surface area contributed by atoms with E-state index in [1.54, 1.807) is 12.4 Å². The number of benzene rings is 1. The van der Waals surface area contributed by atoms with Crippen LogP contribution < -0.4 is 0 Å². The Labute approximate surface area is 178 Å². The van der Waals surface area contributed by atoms with Crippen LogP contribution in [0.15, 0.2) is 67.5 Å². The molecule has 10 nitrogen and oxygen atoms in total. The van der Waals surface area contributed by atoms with Crippen molar-refractivity contribution in [1.82, 2.24) is 29.3 Å². The summed E-state index contributed by atoms with van der Waals surface area (Å²) in [6.45, 7) is 1.15. The SMILES string of the molecule is O=CO.O=CO.c1ccc(-c2nccn2CCCc2ncc[nH]2)c(Cn2cccn2)c1. The number of hydrogen-bond donors (Lipinski definition) is 3. The summed E-state index contributed by atoms with van der Waals surface area (Å²) in [4.78, 5) is 28.8. The van der Waals surface area contributed by atoms with Crippen LogP contribution in [0.25, 0.3) is 11.4 Å². The quantitative estimate of drug-likeness (QED) is 0.387. The standard InChI is InChI=1S/C19H20N6.2CH2O2/c1-2-6-17(16(5-1)15-25-13-4-8-23-25)19-22-11-14-24(19)12-3-7-18-20-9-10-21-18;2*2-1-3/h1-2,4-6,8-11,13-14H,3,7,12,15H2,(H,20,21);2*1H,(H,2,3). The van der Waals surface area contributed by atoms with Crippen molar-refractivity contribution in [2.45, 2.75) is 25.9 Å². The van der Waals surface area contributed by atoms with E-state index < -0.39 is 0 Å². The lowest BCUT2D eigenvalue weighted by molar-refractivity contribution is -0.123. The molecule has 10 heteroatoms. The number of aryl methyl sites for hydroxylation is 2. The van der Waals surface area contributed by atoms with Gasteiger partial charge in [-0.1, -0.05) is 24.3 Å². The largest absolute Gasteiger partial charge is 0.483 e. The first-order chi connectivity index (χ1) is 15.2. The Kier molecular flexibility index (Phi) is 9.75. The van der Waals surface area contributed by atoms with Crippen LogP contribution in [0, 0.1) is 0 Å². The van der Waals surface area contributed by atoms with Crippen molar-refractivity contribution in [3.8, 4) is 11.4 Å². The number of rotatable bonds is 7. The van der Waals surface area contributed by atoms with Crippen LogP contribution >= 0.6 is 0 Å². The van der Waals surface area contributed by atoms with Gasteiger partial charge in [0.15, 0.2) is 0 Å². The van der Waals surface area contributed by atoms with Gasteiger partial charge in [0.1, 0.15) is 11.6 Å². The minimum absolute atomic E-state index is 0.250. The fourth-order valence-electron chi connectivity index (χ4n) is 3.03. The summed E-state index contributed by atoms with van der Waals surface area (Å²) in [5.74, 6) is 2.03. The first-order valence-corrected chi connectivity index (χ1v) is 9.44. The lowest BCUT2D eigenvalue weighted by Crippen LogP contribution is -2.06. The molecule has 0 aliphatic carbocycles. The number of hydrogen-bond acceptors (Lipinski definition) is 5. The van der Waals surface area contributed by atoms with Gasteiger partial charge in [-0.2, -0.15) is 5.10 Å². The van der Waals surface area contributed by atoms with Gasteiger partial charge < -0.3 is 19.8 Å². The molecule has 0 saturated heterocycles. The topological polar surface area (TPSA) is 139 Å². The van der Waals surface area contributed by atoms with E-state index in [0.29, 0.717) is 0 Å². The van der Waals surface area contributed by atoms with Crippen molar-refractivity contribution in [3.05, 3.63) is 78.9 Å². The third-order valence-corrected chi connectivity index (χ3v) is 4.23. The van der Waals surface area contributed by atoms with Crippen molar-refractivity contribution >= 4 is 12.9 Å². The molecule has 0 bridgehead atoms. The predicted molar refractivity (Wildman–Crippen MR) is 113 cm³/mol. The second-order valence-corrected chi connectivity index (χ2v) is 6.16.